The zero-order valence-electron chi connectivity index (χ0n) is 13.5. The molecule has 0 saturated carbocycles. The number of nitrogens with one attached hydrogen (secondary N) is 1. The van der Waals surface area contributed by atoms with Crippen LogP contribution in [0.1, 0.15) is 13.8 Å². The smallest absolute Gasteiger partial charge is 0.318 e. The predicted molar refractivity (Wildman–Crippen MR) is 93.7 cm³/mol. The summed E-state index contributed by atoms with van der Waals surface area (Å²) in [6.45, 7) is 3.76. The number of amides is 3. The Balaban J connectivity index is 2.28. The van der Waals surface area contributed by atoms with Crippen molar-refractivity contribution in [1.82, 2.24) is 20.1 Å². The van der Waals surface area contributed by atoms with Gasteiger partial charge in [-0.15, -0.1) is 10.2 Å². The van der Waals surface area contributed by atoms with Gasteiger partial charge in [-0.1, -0.05) is 49.3 Å². The monoisotopic (exact) mass is 367 g/mol. The van der Waals surface area contributed by atoms with Crippen LogP contribution in [0.4, 0.5) is 4.79 Å². The first kappa shape index (κ1) is 18.3. The molecule has 2 aromatic rings. The van der Waals surface area contributed by atoms with Crippen molar-refractivity contribution in [3.05, 3.63) is 29.3 Å². The van der Waals surface area contributed by atoms with E-state index in [1.54, 1.807) is 17.7 Å². The minimum absolute atomic E-state index is 0.0326. The third kappa shape index (κ3) is 4.07. The van der Waals surface area contributed by atoms with E-state index in [4.69, 9.17) is 17.3 Å². The summed E-state index contributed by atoms with van der Waals surface area (Å²) in [5, 5.41) is 11.0. The molecule has 9 heteroatoms. The zero-order valence-corrected chi connectivity index (χ0v) is 15.1. The lowest BCUT2D eigenvalue weighted by molar-refractivity contribution is -0.120. The third-order valence-electron chi connectivity index (χ3n) is 3.29. The van der Waals surface area contributed by atoms with Gasteiger partial charge in [0.15, 0.2) is 11.0 Å². The lowest BCUT2D eigenvalue weighted by atomic mass is 10.1. The molecule has 0 saturated heterocycles. The van der Waals surface area contributed by atoms with E-state index in [1.165, 1.54) is 11.8 Å². The fraction of sp³-hybridized carbons (Fsp3) is 0.333. The minimum atomic E-state index is -0.874. The molecule has 0 bridgehead atoms. The van der Waals surface area contributed by atoms with E-state index >= 15 is 0 Å². The van der Waals surface area contributed by atoms with E-state index in [1.807, 2.05) is 32.0 Å². The number of urea groups is 1. The van der Waals surface area contributed by atoms with Gasteiger partial charge in [0, 0.05) is 12.6 Å². The summed E-state index contributed by atoms with van der Waals surface area (Å²) in [5.74, 6) is 0.112. The van der Waals surface area contributed by atoms with E-state index in [0.29, 0.717) is 16.0 Å². The average Bonchev–Trinajstić information content (AvgIpc) is 2.85. The van der Waals surface area contributed by atoms with Crippen molar-refractivity contribution in [2.75, 3.05) is 0 Å². The molecule has 3 N–H and O–H groups in total. The number of benzene rings is 1. The average molecular weight is 368 g/mol. The van der Waals surface area contributed by atoms with E-state index < -0.39 is 17.2 Å². The summed E-state index contributed by atoms with van der Waals surface area (Å²) >= 11 is 7.42. The van der Waals surface area contributed by atoms with Gasteiger partial charge in [-0.3, -0.25) is 10.1 Å². The normalized spacial score (nSPS) is 12.2. The van der Waals surface area contributed by atoms with Gasteiger partial charge in [-0.2, -0.15) is 0 Å². The first-order chi connectivity index (χ1) is 11.3. The number of nitrogens with two attached hydrogens (primary N) is 1. The maximum Gasteiger partial charge on any atom is 0.318 e. The van der Waals surface area contributed by atoms with Crippen LogP contribution in [0, 0.1) is 5.92 Å². The SMILES string of the molecule is CC(C)C(Sc1nnc(-c2ccccc2Cl)n1C)C(=O)NC(N)=O. The van der Waals surface area contributed by atoms with Crippen molar-refractivity contribution in [2.24, 2.45) is 18.7 Å². The fourth-order valence-electron chi connectivity index (χ4n) is 2.09. The highest BCUT2D eigenvalue weighted by atomic mass is 35.5. The van der Waals surface area contributed by atoms with Crippen molar-refractivity contribution in [3.8, 4) is 11.4 Å². The molecule has 2 rings (SSSR count). The maximum atomic E-state index is 12.1. The summed E-state index contributed by atoms with van der Waals surface area (Å²) in [6, 6.07) is 6.44. The molecule has 128 valence electrons. The zero-order chi connectivity index (χ0) is 17.9. The van der Waals surface area contributed by atoms with Crippen molar-refractivity contribution in [2.45, 2.75) is 24.3 Å². The lowest BCUT2D eigenvalue weighted by Crippen LogP contribution is -2.42. The van der Waals surface area contributed by atoms with Gasteiger partial charge in [0.25, 0.3) is 0 Å². The Kier molecular flexibility index (Phi) is 5.84. The number of primary amides is 1. The Morgan fingerprint density at radius 3 is 2.54 bits per heavy atom. The van der Waals surface area contributed by atoms with Crippen molar-refractivity contribution < 1.29 is 9.59 Å². The number of hydrogen-bond donors (Lipinski definition) is 2. The Bertz CT molecular complexity index is 762. The van der Waals surface area contributed by atoms with Crippen LogP contribution in [0.3, 0.4) is 0 Å². The first-order valence-electron chi connectivity index (χ1n) is 7.22. The number of imide groups is 1. The van der Waals surface area contributed by atoms with Crippen LogP contribution >= 0.6 is 23.4 Å². The van der Waals surface area contributed by atoms with Crippen LogP contribution in [-0.2, 0) is 11.8 Å². The molecule has 1 heterocycles. The van der Waals surface area contributed by atoms with Gasteiger partial charge in [0.05, 0.1) is 10.3 Å². The van der Waals surface area contributed by atoms with E-state index in [0.717, 1.165) is 5.56 Å². The molecule has 1 aromatic heterocycles. The molecule has 24 heavy (non-hydrogen) atoms. The van der Waals surface area contributed by atoms with Gasteiger partial charge < -0.3 is 10.3 Å². The van der Waals surface area contributed by atoms with Gasteiger partial charge in [0.1, 0.15) is 0 Å². The molecule has 1 aromatic carbocycles. The molecule has 0 fully saturated rings. The van der Waals surface area contributed by atoms with E-state index in [2.05, 4.69) is 15.5 Å². The number of nitrogens with zero attached hydrogens (tertiary/aromatic N) is 3. The van der Waals surface area contributed by atoms with Crippen molar-refractivity contribution >= 4 is 35.3 Å². The molecule has 0 spiro atoms. The summed E-state index contributed by atoms with van der Waals surface area (Å²) in [6.07, 6.45) is 0. The van der Waals surface area contributed by atoms with Gasteiger partial charge in [-0.05, 0) is 18.1 Å². The minimum Gasteiger partial charge on any atom is -0.351 e. The predicted octanol–water partition coefficient (Wildman–Crippen LogP) is 2.45. The third-order valence-corrected chi connectivity index (χ3v) is 5.20. The fourth-order valence-corrected chi connectivity index (χ4v) is 3.31. The molecule has 7 nitrogen and oxygen atoms in total. The first-order valence-corrected chi connectivity index (χ1v) is 8.48. The second kappa shape index (κ2) is 7.67. The molecule has 0 aliphatic carbocycles. The van der Waals surface area contributed by atoms with E-state index in [9.17, 15) is 9.59 Å². The van der Waals surface area contributed by atoms with Crippen LogP contribution in [0.5, 0.6) is 0 Å². The molecular formula is C15H18ClN5O2S. The Hall–Kier alpha value is -2.06. The molecule has 0 aliphatic rings. The van der Waals surface area contributed by atoms with Gasteiger partial charge in [-0.25, -0.2) is 4.79 Å². The molecule has 0 aliphatic heterocycles. The highest BCUT2D eigenvalue weighted by Gasteiger charge is 2.27. The van der Waals surface area contributed by atoms with Crippen LogP contribution in [0.15, 0.2) is 29.4 Å². The van der Waals surface area contributed by atoms with Crippen LogP contribution in [0.2, 0.25) is 5.02 Å². The number of hydrogen-bond acceptors (Lipinski definition) is 5. The highest BCUT2D eigenvalue weighted by molar-refractivity contribution is 8.00. The van der Waals surface area contributed by atoms with Crippen LogP contribution in [0.25, 0.3) is 11.4 Å². The van der Waals surface area contributed by atoms with Crippen molar-refractivity contribution in [1.29, 1.82) is 0 Å². The van der Waals surface area contributed by atoms with Gasteiger partial charge >= 0.3 is 6.03 Å². The van der Waals surface area contributed by atoms with E-state index in [-0.39, 0.29) is 5.92 Å². The lowest BCUT2D eigenvalue weighted by Gasteiger charge is -2.18. The molecule has 3 amide bonds. The van der Waals surface area contributed by atoms with Crippen LogP contribution < -0.4 is 11.1 Å². The summed E-state index contributed by atoms with van der Waals surface area (Å²) < 4.78 is 1.76. The second-order valence-corrected chi connectivity index (χ2v) is 7.00. The molecule has 0 radical (unpaired) electrons. The highest BCUT2D eigenvalue weighted by Crippen LogP contribution is 2.31. The largest absolute Gasteiger partial charge is 0.351 e. The second-order valence-electron chi connectivity index (χ2n) is 5.48. The number of carbonyl (C=O) groups is 2. The number of thioether (sulfide) groups is 1. The number of halogens is 1. The summed E-state index contributed by atoms with van der Waals surface area (Å²) in [4.78, 5) is 23.0. The topological polar surface area (TPSA) is 103 Å². The summed E-state index contributed by atoms with van der Waals surface area (Å²) in [7, 11) is 1.80. The molecule has 1 atom stereocenters. The Morgan fingerprint density at radius 2 is 1.96 bits per heavy atom. The standard InChI is InChI=1S/C15H18ClN5O2S/c1-8(2)11(13(22)18-14(17)23)24-15-20-19-12(21(15)3)9-6-4-5-7-10(9)16/h4-8,11H,1-3H3,(H3,17,18,22,23). The van der Waals surface area contributed by atoms with Crippen molar-refractivity contribution in [3.63, 3.8) is 0 Å². The number of aromatic nitrogens is 3. The molecule has 1 unspecified atom stereocenters. The quantitative estimate of drug-likeness (QED) is 0.790. The number of rotatable bonds is 5. The van der Waals surface area contributed by atoms with Crippen LogP contribution in [-0.4, -0.2) is 32.0 Å². The molecular weight excluding hydrogens is 350 g/mol. The van der Waals surface area contributed by atoms with Gasteiger partial charge in [0.2, 0.25) is 5.91 Å². The Labute approximate surface area is 149 Å². The Morgan fingerprint density at radius 1 is 1.29 bits per heavy atom. The summed E-state index contributed by atoms with van der Waals surface area (Å²) in [5.41, 5.74) is 5.78. The maximum absolute atomic E-state index is 12.1. The number of carbonyl (C=O) groups excluding carboxylic acids is 2.